The molecule has 0 unspecified atom stereocenters. The summed E-state index contributed by atoms with van der Waals surface area (Å²) in [4.78, 5) is 8.34. The van der Waals surface area contributed by atoms with Crippen LogP contribution in [-0.4, -0.2) is 23.1 Å². The molecule has 6 heteroatoms. The number of hydrogen-bond acceptors (Lipinski definition) is 6. The highest BCUT2D eigenvalue weighted by molar-refractivity contribution is 5.82. The maximum Gasteiger partial charge on any atom is 0.234 e. The standard InChI is InChI=1S/C16H15N5O/c1-3-20-15-12(8-17)14(11-6-5-7-19-10-11)13(9-18)16(21-15)22-4-2/h5-7,10H,3-4H2,1-2H3,(H,20,21). The van der Waals surface area contributed by atoms with Crippen molar-refractivity contribution in [2.24, 2.45) is 0 Å². The molecule has 1 N–H and O–H groups in total. The van der Waals surface area contributed by atoms with Crippen LogP contribution in [0.4, 0.5) is 5.82 Å². The molecule has 6 nitrogen and oxygen atoms in total. The van der Waals surface area contributed by atoms with Crippen molar-refractivity contribution in [3.63, 3.8) is 0 Å². The quantitative estimate of drug-likeness (QED) is 0.910. The zero-order valence-electron chi connectivity index (χ0n) is 12.4. The van der Waals surface area contributed by atoms with Crippen LogP contribution in [0.15, 0.2) is 24.5 Å². The van der Waals surface area contributed by atoms with Gasteiger partial charge in [-0.25, -0.2) is 0 Å². The molecule has 0 radical (unpaired) electrons. The molecule has 2 rings (SSSR count). The van der Waals surface area contributed by atoms with Gasteiger partial charge in [-0.05, 0) is 19.9 Å². The summed E-state index contributed by atoms with van der Waals surface area (Å²) in [5.74, 6) is 0.630. The van der Waals surface area contributed by atoms with Gasteiger partial charge in [0.25, 0.3) is 0 Å². The number of anilines is 1. The molecule has 2 aromatic heterocycles. The van der Waals surface area contributed by atoms with Gasteiger partial charge in [0.05, 0.1) is 6.61 Å². The molecule has 0 fully saturated rings. The molecule has 110 valence electrons. The first-order valence-corrected chi connectivity index (χ1v) is 6.92. The fourth-order valence-electron chi connectivity index (χ4n) is 2.11. The first kappa shape index (κ1) is 15.3. The van der Waals surface area contributed by atoms with E-state index in [0.717, 1.165) is 0 Å². The Bertz CT molecular complexity index is 702. The van der Waals surface area contributed by atoms with Crippen molar-refractivity contribution >= 4 is 5.82 Å². The summed E-state index contributed by atoms with van der Waals surface area (Å²) in [6, 6.07) is 7.79. The van der Waals surface area contributed by atoms with Gasteiger partial charge in [-0.2, -0.15) is 15.5 Å². The number of nitriles is 2. The Balaban J connectivity index is 2.82. The average molecular weight is 293 g/mol. The van der Waals surface area contributed by atoms with Crippen LogP contribution in [0.3, 0.4) is 0 Å². The molecule has 0 saturated heterocycles. The summed E-state index contributed by atoms with van der Waals surface area (Å²) < 4.78 is 5.47. The first-order valence-electron chi connectivity index (χ1n) is 6.92. The van der Waals surface area contributed by atoms with Gasteiger partial charge in [0, 0.05) is 30.1 Å². The zero-order chi connectivity index (χ0) is 15.9. The number of rotatable bonds is 5. The highest BCUT2D eigenvalue weighted by Crippen LogP contribution is 2.35. The Labute approximate surface area is 129 Å². The summed E-state index contributed by atoms with van der Waals surface area (Å²) in [6.45, 7) is 4.71. The largest absolute Gasteiger partial charge is 0.477 e. The summed E-state index contributed by atoms with van der Waals surface area (Å²) in [5, 5.41) is 22.1. The van der Waals surface area contributed by atoms with Gasteiger partial charge in [-0.1, -0.05) is 6.07 Å². The third-order valence-electron chi connectivity index (χ3n) is 2.96. The van der Waals surface area contributed by atoms with Gasteiger partial charge in [0.1, 0.15) is 29.1 Å². The normalized spacial score (nSPS) is 9.64. The van der Waals surface area contributed by atoms with Gasteiger partial charge in [-0.15, -0.1) is 0 Å². The first-order chi connectivity index (χ1) is 10.8. The fourth-order valence-corrected chi connectivity index (χ4v) is 2.11. The van der Waals surface area contributed by atoms with Gasteiger partial charge < -0.3 is 10.1 Å². The lowest BCUT2D eigenvalue weighted by atomic mass is 9.97. The van der Waals surface area contributed by atoms with Gasteiger partial charge in [0.15, 0.2) is 0 Å². The lowest BCUT2D eigenvalue weighted by Gasteiger charge is -2.15. The second-order valence-corrected chi connectivity index (χ2v) is 4.32. The predicted octanol–water partition coefficient (Wildman–Crippen LogP) is 2.72. The van der Waals surface area contributed by atoms with Crippen molar-refractivity contribution in [1.29, 1.82) is 10.5 Å². The number of nitrogens with one attached hydrogen (secondary N) is 1. The number of pyridine rings is 2. The second kappa shape index (κ2) is 7.05. The van der Waals surface area contributed by atoms with Gasteiger partial charge >= 0.3 is 0 Å². The van der Waals surface area contributed by atoms with Crippen molar-refractivity contribution in [3.8, 4) is 29.1 Å². The third kappa shape index (κ3) is 2.82. The summed E-state index contributed by atoms with van der Waals surface area (Å²) in [7, 11) is 0. The number of aromatic nitrogens is 2. The second-order valence-electron chi connectivity index (χ2n) is 4.32. The molecule has 0 bridgehead atoms. The molecule has 2 heterocycles. The molecule has 0 saturated carbocycles. The molecule has 0 aliphatic rings. The van der Waals surface area contributed by atoms with Crippen LogP contribution in [0, 0.1) is 22.7 Å². The Morgan fingerprint density at radius 2 is 2.00 bits per heavy atom. The SMILES string of the molecule is CCNc1nc(OCC)c(C#N)c(-c2cccnc2)c1C#N. The van der Waals surface area contributed by atoms with Crippen molar-refractivity contribution in [2.75, 3.05) is 18.5 Å². The van der Waals surface area contributed by atoms with Crippen molar-refractivity contribution in [1.82, 2.24) is 9.97 Å². The van der Waals surface area contributed by atoms with Crippen LogP contribution >= 0.6 is 0 Å². The Kier molecular flexibility index (Phi) is 4.89. The molecular formula is C16H15N5O. The lowest BCUT2D eigenvalue weighted by Crippen LogP contribution is -2.08. The van der Waals surface area contributed by atoms with Gasteiger partial charge in [0.2, 0.25) is 5.88 Å². The Morgan fingerprint density at radius 3 is 2.55 bits per heavy atom. The number of nitrogens with zero attached hydrogens (tertiary/aromatic N) is 4. The molecular weight excluding hydrogens is 278 g/mol. The Hall–Kier alpha value is -3.12. The number of ether oxygens (including phenoxy) is 1. The molecule has 22 heavy (non-hydrogen) atoms. The molecule has 0 atom stereocenters. The van der Waals surface area contributed by atoms with E-state index >= 15 is 0 Å². The van der Waals surface area contributed by atoms with E-state index in [1.807, 2.05) is 13.8 Å². The minimum Gasteiger partial charge on any atom is -0.477 e. The molecule has 0 amide bonds. The fraction of sp³-hybridized carbons (Fsp3) is 0.250. The van der Waals surface area contributed by atoms with Crippen LogP contribution < -0.4 is 10.1 Å². The lowest BCUT2D eigenvalue weighted by molar-refractivity contribution is 0.326. The van der Waals surface area contributed by atoms with E-state index in [9.17, 15) is 10.5 Å². The zero-order valence-corrected chi connectivity index (χ0v) is 12.4. The van der Waals surface area contributed by atoms with Crippen LogP contribution in [0.2, 0.25) is 0 Å². The van der Waals surface area contributed by atoms with E-state index in [1.165, 1.54) is 0 Å². The van der Waals surface area contributed by atoms with E-state index in [-0.39, 0.29) is 11.4 Å². The molecule has 0 aromatic carbocycles. The highest BCUT2D eigenvalue weighted by atomic mass is 16.5. The van der Waals surface area contributed by atoms with Crippen LogP contribution in [0.5, 0.6) is 5.88 Å². The maximum atomic E-state index is 9.53. The molecule has 0 aliphatic carbocycles. The summed E-state index contributed by atoms with van der Waals surface area (Å²) in [5.41, 5.74) is 1.73. The topological polar surface area (TPSA) is 94.6 Å². The van der Waals surface area contributed by atoms with Crippen molar-refractivity contribution in [2.45, 2.75) is 13.8 Å². The van der Waals surface area contributed by atoms with E-state index in [4.69, 9.17) is 4.74 Å². The van der Waals surface area contributed by atoms with Crippen LogP contribution in [0.25, 0.3) is 11.1 Å². The summed E-state index contributed by atoms with van der Waals surface area (Å²) in [6.07, 6.45) is 3.25. The highest BCUT2D eigenvalue weighted by Gasteiger charge is 2.22. The minimum absolute atomic E-state index is 0.221. The monoisotopic (exact) mass is 293 g/mol. The van der Waals surface area contributed by atoms with E-state index in [2.05, 4.69) is 27.4 Å². The molecule has 0 spiro atoms. The van der Waals surface area contributed by atoms with E-state index in [0.29, 0.717) is 35.7 Å². The van der Waals surface area contributed by atoms with E-state index < -0.39 is 0 Å². The van der Waals surface area contributed by atoms with Crippen LogP contribution in [0.1, 0.15) is 25.0 Å². The van der Waals surface area contributed by atoms with Crippen molar-refractivity contribution in [3.05, 3.63) is 35.7 Å². The van der Waals surface area contributed by atoms with E-state index in [1.54, 1.807) is 24.5 Å². The molecule has 0 aliphatic heterocycles. The smallest absolute Gasteiger partial charge is 0.234 e. The van der Waals surface area contributed by atoms with Crippen LogP contribution in [-0.2, 0) is 0 Å². The average Bonchev–Trinajstić information content (AvgIpc) is 2.55. The minimum atomic E-state index is 0.221. The van der Waals surface area contributed by atoms with Gasteiger partial charge in [-0.3, -0.25) is 4.98 Å². The maximum absolute atomic E-state index is 9.53. The molecule has 2 aromatic rings. The summed E-state index contributed by atoms with van der Waals surface area (Å²) >= 11 is 0. The third-order valence-corrected chi connectivity index (χ3v) is 2.96. The van der Waals surface area contributed by atoms with Crippen molar-refractivity contribution < 1.29 is 4.74 Å². The Morgan fingerprint density at radius 1 is 1.23 bits per heavy atom. The predicted molar refractivity (Wildman–Crippen MR) is 82.2 cm³/mol. The number of hydrogen-bond donors (Lipinski definition) is 1.